The Morgan fingerprint density at radius 3 is 2.47 bits per heavy atom. The minimum Gasteiger partial charge on any atom is -0.354 e. The smallest absolute Gasteiger partial charge is 0.189 e. The highest BCUT2D eigenvalue weighted by Gasteiger charge is 2.14. The maximum absolute atomic E-state index is 4.54. The summed E-state index contributed by atoms with van der Waals surface area (Å²) in [5, 5.41) is 3.91. The van der Waals surface area contributed by atoms with Crippen molar-refractivity contribution in [1.82, 2.24) is 9.97 Å². The molecule has 3 nitrogen and oxygen atoms in total. The van der Waals surface area contributed by atoms with E-state index in [-0.39, 0.29) is 0 Å². The fourth-order valence-electron chi connectivity index (χ4n) is 1.57. The van der Waals surface area contributed by atoms with Crippen LogP contribution in [0.15, 0.2) is 5.16 Å². The second kappa shape index (κ2) is 5.66. The van der Waals surface area contributed by atoms with E-state index in [1.54, 1.807) is 11.8 Å². The Bertz CT molecular complexity index is 316. The average Bonchev–Trinajstić information content (AvgIpc) is 2.26. The number of hydrogen-bond donors (Lipinski definition) is 1. The summed E-state index contributed by atoms with van der Waals surface area (Å²) in [6.07, 6.45) is 2.94. The van der Waals surface area contributed by atoms with Crippen LogP contribution in [-0.4, -0.2) is 16.2 Å². The number of thioether (sulfide) groups is 1. The summed E-state index contributed by atoms with van der Waals surface area (Å²) in [7, 11) is 2.51. The largest absolute Gasteiger partial charge is 0.354 e. The molecule has 84 valence electrons. The Balaban J connectivity index is 3.32. The van der Waals surface area contributed by atoms with E-state index < -0.39 is 0 Å². The first-order valence-corrected chi connectivity index (χ1v) is 6.85. The zero-order valence-electron chi connectivity index (χ0n) is 9.66. The first-order chi connectivity index (χ1) is 7.13. The second-order valence-corrected chi connectivity index (χ2v) is 4.63. The van der Waals surface area contributed by atoms with E-state index in [0.717, 1.165) is 23.1 Å². The lowest BCUT2D eigenvalue weighted by Gasteiger charge is -2.15. The lowest BCUT2D eigenvalue weighted by atomic mass is 10.0. The predicted molar refractivity (Wildman–Crippen MR) is 70.6 cm³/mol. The minimum absolute atomic E-state index is 0.443. The molecular formula is C10H18N3PS. The number of rotatable bonds is 4. The second-order valence-electron chi connectivity index (χ2n) is 3.57. The van der Waals surface area contributed by atoms with Crippen LogP contribution < -0.4 is 5.09 Å². The Morgan fingerprint density at radius 2 is 2.07 bits per heavy atom. The standard InChI is InChI=1S/C10H18N3PS/c1-5-7-8(6(2)3)9(13-14)12-10(11-7)15-4/h6H,5,14H2,1-4H3,(H,11,12,13). The third kappa shape index (κ3) is 2.82. The van der Waals surface area contributed by atoms with Crippen LogP contribution in [-0.2, 0) is 6.42 Å². The first kappa shape index (κ1) is 12.7. The van der Waals surface area contributed by atoms with E-state index in [4.69, 9.17) is 0 Å². The van der Waals surface area contributed by atoms with Gasteiger partial charge in [-0.1, -0.05) is 32.5 Å². The topological polar surface area (TPSA) is 37.8 Å². The predicted octanol–water partition coefficient (Wildman–Crippen LogP) is 3.09. The van der Waals surface area contributed by atoms with Gasteiger partial charge in [0, 0.05) is 5.56 Å². The molecule has 1 atom stereocenters. The van der Waals surface area contributed by atoms with Gasteiger partial charge in [0.2, 0.25) is 0 Å². The molecule has 15 heavy (non-hydrogen) atoms. The highest BCUT2D eigenvalue weighted by molar-refractivity contribution is 7.98. The van der Waals surface area contributed by atoms with Crippen LogP contribution in [0.3, 0.4) is 0 Å². The van der Waals surface area contributed by atoms with Gasteiger partial charge in [0.25, 0.3) is 0 Å². The van der Waals surface area contributed by atoms with Gasteiger partial charge in [-0.15, -0.1) is 0 Å². The average molecular weight is 243 g/mol. The van der Waals surface area contributed by atoms with Gasteiger partial charge >= 0.3 is 0 Å². The molecule has 0 amide bonds. The number of aromatic nitrogens is 2. The van der Waals surface area contributed by atoms with Crippen molar-refractivity contribution in [3.8, 4) is 0 Å². The van der Waals surface area contributed by atoms with Crippen LogP contribution in [0.1, 0.15) is 37.9 Å². The third-order valence-corrected chi connectivity index (χ3v) is 3.06. The number of nitrogens with zero attached hydrogens (tertiary/aromatic N) is 2. The Hall–Kier alpha value is -0.340. The molecule has 0 aromatic carbocycles. The van der Waals surface area contributed by atoms with Gasteiger partial charge < -0.3 is 5.09 Å². The molecule has 5 heteroatoms. The lowest BCUT2D eigenvalue weighted by Crippen LogP contribution is -2.06. The van der Waals surface area contributed by atoms with Crippen molar-refractivity contribution in [2.24, 2.45) is 0 Å². The molecule has 0 aliphatic carbocycles. The molecule has 0 aliphatic heterocycles. The molecule has 0 spiro atoms. The van der Waals surface area contributed by atoms with Crippen LogP contribution in [0.5, 0.6) is 0 Å². The molecule has 0 aliphatic rings. The van der Waals surface area contributed by atoms with Gasteiger partial charge in [-0.05, 0) is 28.0 Å². The quantitative estimate of drug-likeness (QED) is 0.501. The van der Waals surface area contributed by atoms with Crippen molar-refractivity contribution in [2.75, 3.05) is 11.3 Å². The summed E-state index contributed by atoms with van der Waals surface area (Å²) in [6.45, 7) is 6.47. The normalized spacial score (nSPS) is 10.8. The first-order valence-electron chi connectivity index (χ1n) is 5.05. The van der Waals surface area contributed by atoms with Crippen molar-refractivity contribution in [3.63, 3.8) is 0 Å². The highest BCUT2D eigenvalue weighted by Crippen LogP contribution is 2.28. The number of anilines is 1. The Kier molecular flexibility index (Phi) is 4.81. The van der Waals surface area contributed by atoms with Crippen LogP contribution in [0, 0.1) is 0 Å². The van der Waals surface area contributed by atoms with Crippen molar-refractivity contribution >= 4 is 27.0 Å². The van der Waals surface area contributed by atoms with E-state index in [2.05, 4.69) is 45.2 Å². The molecule has 1 aromatic heterocycles. The summed E-state index contributed by atoms with van der Waals surface area (Å²) < 4.78 is 0. The van der Waals surface area contributed by atoms with Crippen molar-refractivity contribution < 1.29 is 0 Å². The number of hydrogen-bond acceptors (Lipinski definition) is 4. The summed E-state index contributed by atoms with van der Waals surface area (Å²) in [4.78, 5) is 9.00. The molecule has 0 bridgehead atoms. The van der Waals surface area contributed by atoms with Crippen LogP contribution in [0.25, 0.3) is 0 Å². The molecule has 0 radical (unpaired) electrons. The molecule has 1 rings (SSSR count). The molecule has 0 saturated carbocycles. The van der Waals surface area contributed by atoms with Crippen molar-refractivity contribution in [1.29, 1.82) is 0 Å². The summed E-state index contributed by atoms with van der Waals surface area (Å²) in [5.74, 6) is 1.38. The third-order valence-electron chi connectivity index (χ3n) is 2.24. The van der Waals surface area contributed by atoms with Gasteiger partial charge in [0.05, 0.1) is 5.69 Å². The monoisotopic (exact) mass is 243 g/mol. The highest BCUT2D eigenvalue weighted by atomic mass is 32.2. The lowest BCUT2D eigenvalue weighted by molar-refractivity contribution is 0.785. The van der Waals surface area contributed by atoms with Gasteiger partial charge in [-0.25, -0.2) is 9.97 Å². The number of aryl methyl sites for hydroxylation is 1. The summed E-state index contributed by atoms with van der Waals surface area (Å²) >= 11 is 1.58. The zero-order chi connectivity index (χ0) is 11.4. The molecule has 0 fully saturated rings. The summed E-state index contributed by atoms with van der Waals surface area (Å²) in [5.41, 5.74) is 2.37. The van der Waals surface area contributed by atoms with E-state index in [1.807, 2.05) is 6.26 Å². The van der Waals surface area contributed by atoms with Gasteiger partial charge in [0.1, 0.15) is 5.82 Å². The molecule has 1 unspecified atom stereocenters. The van der Waals surface area contributed by atoms with Crippen molar-refractivity contribution in [2.45, 2.75) is 38.3 Å². The summed E-state index contributed by atoms with van der Waals surface area (Å²) in [6, 6.07) is 0. The Morgan fingerprint density at radius 1 is 1.40 bits per heavy atom. The molecule has 1 heterocycles. The molecule has 1 aromatic rings. The van der Waals surface area contributed by atoms with Crippen molar-refractivity contribution in [3.05, 3.63) is 11.3 Å². The maximum Gasteiger partial charge on any atom is 0.189 e. The van der Waals surface area contributed by atoms with Crippen LogP contribution >= 0.6 is 21.2 Å². The van der Waals surface area contributed by atoms with Gasteiger partial charge in [-0.3, -0.25) is 0 Å². The van der Waals surface area contributed by atoms with Crippen LogP contribution in [0.2, 0.25) is 0 Å². The van der Waals surface area contributed by atoms with Crippen LogP contribution in [0.4, 0.5) is 5.82 Å². The maximum atomic E-state index is 4.54. The van der Waals surface area contributed by atoms with E-state index in [1.165, 1.54) is 5.56 Å². The zero-order valence-corrected chi connectivity index (χ0v) is 11.6. The van der Waals surface area contributed by atoms with Gasteiger partial charge in [0.15, 0.2) is 5.16 Å². The van der Waals surface area contributed by atoms with E-state index in [0.29, 0.717) is 5.92 Å². The van der Waals surface area contributed by atoms with E-state index in [9.17, 15) is 0 Å². The Labute approximate surface area is 98.1 Å². The minimum atomic E-state index is 0.443. The SMILES string of the molecule is CCc1nc(SC)nc(NP)c1C(C)C. The van der Waals surface area contributed by atoms with E-state index >= 15 is 0 Å². The molecule has 0 saturated heterocycles. The van der Waals surface area contributed by atoms with Gasteiger partial charge in [-0.2, -0.15) is 0 Å². The number of nitrogens with one attached hydrogen (secondary N) is 1. The molecular weight excluding hydrogens is 225 g/mol. The molecule has 1 N–H and O–H groups in total. The fraction of sp³-hybridized carbons (Fsp3) is 0.600. The fourth-order valence-corrected chi connectivity index (χ4v) is 2.17.